The summed E-state index contributed by atoms with van der Waals surface area (Å²) in [7, 11) is 2.31. The van der Waals surface area contributed by atoms with E-state index in [9.17, 15) is 9.18 Å². The van der Waals surface area contributed by atoms with Gasteiger partial charge < -0.3 is 27.1 Å². The maximum Gasteiger partial charge on any atom is 0.354 e. The minimum Gasteiger partial charge on any atom is -0.375 e. The van der Waals surface area contributed by atoms with Crippen molar-refractivity contribution in [1.82, 2.24) is 19.9 Å². The van der Waals surface area contributed by atoms with Gasteiger partial charge in [-0.05, 0) is 36.7 Å². The number of rotatable bonds is 8. The summed E-state index contributed by atoms with van der Waals surface area (Å²) in [4.78, 5) is 23.4. The van der Waals surface area contributed by atoms with Gasteiger partial charge in [-0.2, -0.15) is 4.98 Å². The Labute approximate surface area is 168 Å². The lowest BCUT2D eigenvalue weighted by atomic mass is 10.2. The molecule has 0 fully saturated rings. The van der Waals surface area contributed by atoms with E-state index in [4.69, 9.17) is 11.5 Å². The number of aliphatic imine (C=N–C) groups is 1. The molecule has 0 aliphatic heterocycles. The van der Waals surface area contributed by atoms with Crippen LogP contribution in [0.3, 0.4) is 0 Å². The Kier molecular flexibility index (Phi) is 8.16. The van der Waals surface area contributed by atoms with Crippen LogP contribution in [0, 0.1) is 0 Å². The molecule has 2 aromatic heterocycles. The van der Waals surface area contributed by atoms with Crippen LogP contribution in [0.1, 0.15) is 12.0 Å². The number of H-pyrrole nitrogens is 1. The maximum atomic E-state index is 12.3. The van der Waals surface area contributed by atoms with E-state index in [2.05, 4.69) is 25.6 Å². The maximum absolute atomic E-state index is 12.3. The number of halogens is 1. The van der Waals surface area contributed by atoms with Gasteiger partial charge in [-0.1, -0.05) is 12.1 Å². The lowest BCUT2D eigenvalue weighted by molar-refractivity contribution is 0.636. The monoisotopic (exact) mass is 402 g/mol. The van der Waals surface area contributed by atoms with E-state index in [-0.39, 0.29) is 11.6 Å². The number of guanidine groups is 1. The van der Waals surface area contributed by atoms with Crippen LogP contribution in [0.25, 0.3) is 16.7 Å². The number of nitrogens with zero attached hydrogens (tertiary/aromatic N) is 3. The molecule has 3 rings (SSSR count). The van der Waals surface area contributed by atoms with Crippen LogP contribution >= 0.6 is 0 Å². The number of aromatic nitrogens is 3. The molecule has 0 saturated carbocycles. The number of nitrogens with one attached hydrogen (secondary N) is 3. The third kappa shape index (κ3) is 6.04. The molecular weight excluding hydrogens is 375 g/mol. The van der Waals surface area contributed by atoms with Crippen molar-refractivity contribution in [1.29, 1.82) is 0 Å². The second-order valence-corrected chi connectivity index (χ2v) is 6.13. The summed E-state index contributed by atoms with van der Waals surface area (Å²) in [6.45, 7) is 2.17. The van der Waals surface area contributed by atoms with Crippen molar-refractivity contribution in [2.75, 3.05) is 32.6 Å². The predicted molar refractivity (Wildman–Crippen MR) is 115 cm³/mol. The highest BCUT2D eigenvalue weighted by molar-refractivity contribution is 5.79. The number of alkyl halides is 1. The molecule has 1 aromatic carbocycles. The van der Waals surface area contributed by atoms with Crippen molar-refractivity contribution in [3.63, 3.8) is 0 Å². The molecule has 0 amide bonds. The van der Waals surface area contributed by atoms with Crippen molar-refractivity contribution < 1.29 is 4.39 Å². The summed E-state index contributed by atoms with van der Waals surface area (Å²) < 4.78 is 11.0. The molecule has 9 nitrogen and oxygen atoms in total. The smallest absolute Gasteiger partial charge is 0.354 e. The minimum absolute atomic E-state index is 0.121. The number of hydrogen-bond donors (Lipinski definition) is 5. The van der Waals surface area contributed by atoms with Crippen molar-refractivity contribution >= 4 is 22.8 Å². The number of nitrogens with two attached hydrogens (primary N) is 2. The minimum atomic E-state index is -0.322. The zero-order valence-corrected chi connectivity index (χ0v) is 16.6. The fourth-order valence-corrected chi connectivity index (χ4v) is 2.73. The van der Waals surface area contributed by atoms with E-state index in [1.807, 2.05) is 37.4 Å². The Bertz CT molecular complexity index is 990. The molecule has 0 bridgehead atoms. The fourth-order valence-electron chi connectivity index (χ4n) is 2.73. The van der Waals surface area contributed by atoms with Gasteiger partial charge in [0.2, 0.25) is 0 Å². The van der Waals surface area contributed by atoms with Gasteiger partial charge in [-0.15, -0.1) is 0 Å². The highest BCUT2D eigenvalue weighted by Gasteiger charge is 2.07. The van der Waals surface area contributed by atoms with Crippen LogP contribution in [0.5, 0.6) is 0 Å². The van der Waals surface area contributed by atoms with Gasteiger partial charge >= 0.3 is 5.69 Å². The Morgan fingerprint density at radius 1 is 1.28 bits per heavy atom. The first-order valence-electron chi connectivity index (χ1n) is 9.10. The van der Waals surface area contributed by atoms with Crippen LogP contribution in [0.15, 0.2) is 46.3 Å². The summed E-state index contributed by atoms with van der Waals surface area (Å²) in [5.41, 5.74) is 12.7. The van der Waals surface area contributed by atoms with Crippen LogP contribution in [-0.2, 0) is 6.54 Å². The second-order valence-electron chi connectivity index (χ2n) is 6.13. The zero-order valence-electron chi connectivity index (χ0n) is 16.6. The second kappa shape index (κ2) is 10.8. The van der Waals surface area contributed by atoms with Gasteiger partial charge in [0.15, 0.2) is 5.96 Å². The summed E-state index contributed by atoms with van der Waals surface area (Å²) in [5, 5.41) is 7.21. The molecular formula is C19H27FN8O. The van der Waals surface area contributed by atoms with E-state index < -0.39 is 0 Å². The Balaban J connectivity index is 0.00000145. The topological polar surface area (TPSA) is 139 Å². The quantitative estimate of drug-likeness (QED) is 0.217. The summed E-state index contributed by atoms with van der Waals surface area (Å²) in [5.74, 6) is 0.936. The molecule has 0 aliphatic carbocycles. The van der Waals surface area contributed by atoms with Crippen molar-refractivity contribution in [2.24, 2.45) is 16.5 Å². The first kappa shape index (κ1) is 21.9. The molecule has 3 aromatic rings. The fraction of sp³-hybridized carbons (Fsp3) is 0.316. The van der Waals surface area contributed by atoms with Crippen LogP contribution in [0.2, 0.25) is 0 Å². The van der Waals surface area contributed by atoms with Gasteiger partial charge in [0.25, 0.3) is 0 Å². The van der Waals surface area contributed by atoms with Gasteiger partial charge in [-0.25, -0.2) is 4.79 Å². The number of anilines is 1. The van der Waals surface area contributed by atoms with Crippen LogP contribution in [0.4, 0.5) is 10.2 Å². The Hall–Kier alpha value is -3.40. The SMILES string of the molecule is CF.CNc1cc2cn(-c3ccc(CNCCCN=C(N)N)cc3)c(=O)nc2[nH]1. The lowest BCUT2D eigenvalue weighted by Gasteiger charge is -2.08. The number of aromatic amines is 1. The molecule has 2 heterocycles. The van der Waals surface area contributed by atoms with Gasteiger partial charge in [0.05, 0.1) is 12.9 Å². The third-order valence-corrected chi connectivity index (χ3v) is 4.13. The molecule has 0 spiro atoms. The zero-order chi connectivity index (χ0) is 21.2. The van der Waals surface area contributed by atoms with Crippen molar-refractivity contribution in [3.8, 4) is 5.69 Å². The standard InChI is InChI=1S/C18H24N8O.CH3F/c1-21-15-9-13-11-26(18(27)25-16(13)24-15)14-5-3-12(4-6-14)10-22-7-2-8-23-17(19)20;1-2/h3-6,9,11,21-22H,2,7-8,10H2,1H3,(H4,19,20,23)(H,24,25,27);1H3. The first-order valence-corrected chi connectivity index (χ1v) is 9.10. The summed E-state index contributed by atoms with van der Waals surface area (Å²) in [6, 6.07) is 9.73. The van der Waals surface area contributed by atoms with E-state index >= 15 is 0 Å². The highest BCUT2D eigenvalue weighted by atomic mass is 19.1. The third-order valence-electron chi connectivity index (χ3n) is 4.13. The normalized spacial score (nSPS) is 10.3. The number of fused-ring (bicyclic) bond motifs is 1. The molecule has 0 unspecified atom stereocenters. The molecule has 0 aliphatic rings. The average Bonchev–Trinajstić information content (AvgIpc) is 3.13. The molecule has 10 heteroatoms. The molecule has 0 saturated heterocycles. The summed E-state index contributed by atoms with van der Waals surface area (Å²) >= 11 is 0. The van der Waals surface area contributed by atoms with Gasteiger partial charge in [0.1, 0.15) is 11.5 Å². The van der Waals surface area contributed by atoms with Gasteiger partial charge in [-0.3, -0.25) is 13.9 Å². The van der Waals surface area contributed by atoms with E-state index in [1.165, 1.54) is 0 Å². The highest BCUT2D eigenvalue weighted by Crippen LogP contribution is 2.16. The molecule has 7 N–H and O–H groups in total. The predicted octanol–water partition coefficient (Wildman–Crippen LogP) is 1.09. The number of benzene rings is 1. The average molecular weight is 402 g/mol. The lowest BCUT2D eigenvalue weighted by Crippen LogP contribution is -2.23. The molecule has 0 atom stereocenters. The Morgan fingerprint density at radius 2 is 2.00 bits per heavy atom. The van der Waals surface area contributed by atoms with Crippen LogP contribution in [-0.4, -0.2) is 47.8 Å². The van der Waals surface area contributed by atoms with Crippen LogP contribution < -0.4 is 27.8 Å². The number of hydrogen-bond acceptors (Lipinski definition) is 5. The summed E-state index contributed by atoms with van der Waals surface area (Å²) in [6.07, 6.45) is 2.65. The molecule has 29 heavy (non-hydrogen) atoms. The Morgan fingerprint density at radius 3 is 2.66 bits per heavy atom. The largest absolute Gasteiger partial charge is 0.375 e. The van der Waals surface area contributed by atoms with Crippen molar-refractivity contribution in [2.45, 2.75) is 13.0 Å². The van der Waals surface area contributed by atoms with Crippen molar-refractivity contribution in [3.05, 3.63) is 52.6 Å². The first-order chi connectivity index (χ1) is 14.1. The molecule has 0 radical (unpaired) electrons. The van der Waals surface area contributed by atoms with E-state index in [1.54, 1.807) is 10.8 Å². The van der Waals surface area contributed by atoms with E-state index in [0.717, 1.165) is 42.0 Å². The van der Waals surface area contributed by atoms with E-state index in [0.29, 0.717) is 19.4 Å². The van der Waals surface area contributed by atoms with Gasteiger partial charge in [0, 0.05) is 31.7 Å². The molecule has 156 valence electrons.